The average molecular weight is 451 g/mol. The standard InChI is InChI=1S/C24H23ClN4O3/c1-29(2)24-18(14-23(31)32)15-26-21(28-24)13-17-5-10-20(11-6-17)27-22(30)12-7-16-3-8-19(25)9-4-16/h3-12,15H,13-14H2,1-2H3,(H,27,30)(H,31,32). The second-order valence-electron chi connectivity index (χ2n) is 7.35. The zero-order valence-electron chi connectivity index (χ0n) is 17.7. The lowest BCUT2D eigenvalue weighted by molar-refractivity contribution is -0.136. The summed E-state index contributed by atoms with van der Waals surface area (Å²) in [4.78, 5) is 33.8. The molecule has 7 nitrogen and oxygen atoms in total. The van der Waals surface area contributed by atoms with Gasteiger partial charge in [-0.1, -0.05) is 35.9 Å². The predicted octanol–water partition coefficient (Wildman–Crippen LogP) is 4.07. The van der Waals surface area contributed by atoms with Crippen molar-refractivity contribution >= 4 is 41.1 Å². The van der Waals surface area contributed by atoms with Gasteiger partial charge in [0.25, 0.3) is 0 Å². The van der Waals surface area contributed by atoms with Gasteiger partial charge in [-0.05, 0) is 41.5 Å². The number of nitrogens with one attached hydrogen (secondary N) is 1. The van der Waals surface area contributed by atoms with Crippen LogP contribution in [0.15, 0.2) is 60.8 Å². The maximum atomic E-state index is 12.1. The van der Waals surface area contributed by atoms with Crippen LogP contribution < -0.4 is 10.2 Å². The van der Waals surface area contributed by atoms with Gasteiger partial charge in [-0.25, -0.2) is 9.97 Å². The summed E-state index contributed by atoms with van der Waals surface area (Å²) in [5.74, 6) is 0.0186. The molecular weight excluding hydrogens is 428 g/mol. The van der Waals surface area contributed by atoms with E-state index in [0.29, 0.717) is 34.3 Å². The van der Waals surface area contributed by atoms with Crippen LogP contribution in [0.2, 0.25) is 5.02 Å². The van der Waals surface area contributed by atoms with Crippen molar-refractivity contribution < 1.29 is 14.7 Å². The van der Waals surface area contributed by atoms with Crippen molar-refractivity contribution in [2.75, 3.05) is 24.3 Å². The fourth-order valence-corrected chi connectivity index (χ4v) is 3.14. The first-order valence-corrected chi connectivity index (χ1v) is 10.3. The van der Waals surface area contributed by atoms with Crippen LogP contribution in [0.5, 0.6) is 0 Å². The molecule has 0 aliphatic carbocycles. The molecule has 0 radical (unpaired) electrons. The number of aliphatic carboxylic acids is 1. The van der Waals surface area contributed by atoms with Crippen molar-refractivity contribution in [2.45, 2.75) is 12.8 Å². The van der Waals surface area contributed by atoms with Crippen molar-refractivity contribution in [3.63, 3.8) is 0 Å². The third-order valence-corrected chi connectivity index (χ3v) is 4.79. The Balaban J connectivity index is 1.63. The molecule has 2 N–H and O–H groups in total. The van der Waals surface area contributed by atoms with Crippen LogP contribution in [0.3, 0.4) is 0 Å². The Kier molecular flexibility index (Phi) is 7.57. The van der Waals surface area contributed by atoms with Crippen LogP contribution in [0.25, 0.3) is 6.08 Å². The second-order valence-corrected chi connectivity index (χ2v) is 7.78. The Morgan fingerprint density at radius 3 is 2.41 bits per heavy atom. The molecule has 0 unspecified atom stereocenters. The monoisotopic (exact) mass is 450 g/mol. The summed E-state index contributed by atoms with van der Waals surface area (Å²) in [5.41, 5.74) is 3.09. The number of hydrogen-bond acceptors (Lipinski definition) is 5. The van der Waals surface area contributed by atoms with E-state index in [1.807, 2.05) is 50.5 Å². The average Bonchev–Trinajstić information content (AvgIpc) is 2.75. The second kappa shape index (κ2) is 10.5. The number of hydrogen-bond donors (Lipinski definition) is 2. The molecular formula is C24H23ClN4O3. The van der Waals surface area contributed by atoms with Crippen LogP contribution in [-0.4, -0.2) is 41.0 Å². The SMILES string of the molecule is CN(C)c1nc(Cc2ccc(NC(=O)C=Cc3ccc(Cl)cc3)cc2)ncc1CC(=O)O. The quantitative estimate of drug-likeness (QED) is 0.502. The molecule has 3 rings (SSSR count). The van der Waals surface area contributed by atoms with Crippen LogP contribution in [0.1, 0.15) is 22.5 Å². The van der Waals surface area contributed by atoms with Gasteiger partial charge in [0, 0.05) is 49.1 Å². The zero-order valence-corrected chi connectivity index (χ0v) is 18.5. The molecule has 0 aliphatic heterocycles. The topological polar surface area (TPSA) is 95.4 Å². The van der Waals surface area contributed by atoms with E-state index in [2.05, 4.69) is 15.3 Å². The van der Waals surface area contributed by atoms with E-state index in [1.54, 1.807) is 29.3 Å². The lowest BCUT2D eigenvalue weighted by Crippen LogP contribution is -2.17. The van der Waals surface area contributed by atoms with Crippen molar-refractivity contribution in [2.24, 2.45) is 0 Å². The van der Waals surface area contributed by atoms with Gasteiger partial charge in [-0.3, -0.25) is 9.59 Å². The van der Waals surface area contributed by atoms with Crippen LogP contribution in [0, 0.1) is 0 Å². The van der Waals surface area contributed by atoms with Crippen LogP contribution in [0.4, 0.5) is 11.5 Å². The molecule has 0 spiro atoms. The number of carbonyl (C=O) groups excluding carboxylic acids is 1. The van der Waals surface area contributed by atoms with E-state index in [9.17, 15) is 9.59 Å². The Hall–Kier alpha value is -3.71. The van der Waals surface area contributed by atoms with Gasteiger partial charge in [0.2, 0.25) is 5.91 Å². The normalized spacial score (nSPS) is 10.8. The first kappa shape index (κ1) is 23.0. The number of halogens is 1. The Morgan fingerprint density at radius 1 is 1.09 bits per heavy atom. The van der Waals surface area contributed by atoms with E-state index in [0.717, 1.165) is 11.1 Å². The minimum absolute atomic E-state index is 0.130. The van der Waals surface area contributed by atoms with Gasteiger partial charge < -0.3 is 15.3 Å². The van der Waals surface area contributed by atoms with Gasteiger partial charge in [0.1, 0.15) is 11.6 Å². The van der Waals surface area contributed by atoms with Gasteiger partial charge in [0.15, 0.2) is 0 Å². The summed E-state index contributed by atoms with van der Waals surface area (Å²) in [7, 11) is 3.63. The highest BCUT2D eigenvalue weighted by atomic mass is 35.5. The minimum atomic E-state index is -0.926. The zero-order chi connectivity index (χ0) is 23.1. The lowest BCUT2D eigenvalue weighted by atomic mass is 10.1. The molecule has 1 heterocycles. The van der Waals surface area contributed by atoms with Crippen molar-refractivity contribution in [1.82, 2.24) is 9.97 Å². The molecule has 0 bridgehead atoms. The molecule has 0 saturated heterocycles. The van der Waals surface area contributed by atoms with E-state index in [1.165, 1.54) is 6.08 Å². The highest BCUT2D eigenvalue weighted by molar-refractivity contribution is 6.30. The van der Waals surface area contributed by atoms with Gasteiger partial charge in [0.05, 0.1) is 6.42 Å². The number of rotatable bonds is 8. The summed E-state index contributed by atoms with van der Waals surface area (Å²) in [5, 5.41) is 12.5. The molecule has 0 aliphatic rings. The number of nitrogens with zero attached hydrogens (tertiary/aromatic N) is 3. The maximum absolute atomic E-state index is 12.1. The Labute approximate surface area is 191 Å². The molecule has 32 heavy (non-hydrogen) atoms. The molecule has 0 atom stereocenters. The van der Waals surface area contributed by atoms with Crippen molar-refractivity contribution in [3.05, 3.63) is 88.3 Å². The molecule has 164 valence electrons. The third-order valence-electron chi connectivity index (χ3n) is 4.54. The maximum Gasteiger partial charge on any atom is 0.308 e. The van der Waals surface area contributed by atoms with Crippen LogP contribution in [-0.2, 0) is 22.4 Å². The number of carboxylic acids is 1. The molecule has 1 amide bonds. The van der Waals surface area contributed by atoms with E-state index < -0.39 is 5.97 Å². The summed E-state index contributed by atoms with van der Waals surface area (Å²) >= 11 is 5.86. The van der Waals surface area contributed by atoms with E-state index in [-0.39, 0.29) is 12.3 Å². The number of carbonyl (C=O) groups is 2. The van der Waals surface area contributed by atoms with E-state index in [4.69, 9.17) is 16.7 Å². The number of aromatic nitrogens is 2. The molecule has 8 heteroatoms. The third kappa shape index (κ3) is 6.65. The highest BCUT2D eigenvalue weighted by Crippen LogP contribution is 2.18. The molecule has 1 aromatic heterocycles. The molecule has 0 fully saturated rings. The first-order valence-electron chi connectivity index (χ1n) is 9.87. The Bertz CT molecular complexity index is 1130. The lowest BCUT2D eigenvalue weighted by Gasteiger charge is -2.16. The fraction of sp³-hybridized carbons (Fsp3) is 0.167. The van der Waals surface area contributed by atoms with Crippen LogP contribution >= 0.6 is 11.6 Å². The summed E-state index contributed by atoms with van der Waals surface area (Å²) < 4.78 is 0. The molecule has 3 aromatic rings. The number of amides is 1. The fourth-order valence-electron chi connectivity index (χ4n) is 3.01. The van der Waals surface area contributed by atoms with Crippen molar-refractivity contribution in [3.8, 4) is 0 Å². The molecule has 0 saturated carbocycles. The summed E-state index contributed by atoms with van der Waals surface area (Å²) in [6.07, 6.45) is 5.10. The number of carboxylic acid groups (broad SMARTS) is 1. The van der Waals surface area contributed by atoms with Gasteiger partial charge in [-0.2, -0.15) is 0 Å². The summed E-state index contributed by atoms with van der Waals surface area (Å²) in [6, 6.07) is 14.6. The van der Waals surface area contributed by atoms with Gasteiger partial charge >= 0.3 is 5.97 Å². The predicted molar refractivity (Wildman–Crippen MR) is 126 cm³/mol. The number of benzene rings is 2. The smallest absolute Gasteiger partial charge is 0.308 e. The van der Waals surface area contributed by atoms with Crippen molar-refractivity contribution in [1.29, 1.82) is 0 Å². The van der Waals surface area contributed by atoms with E-state index >= 15 is 0 Å². The summed E-state index contributed by atoms with van der Waals surface area (Å²) in [6.45, 7) is 0. The number of anilines is 2. The Morgan fingerprint density at radius 2 is 1.78 bits per heavy atom. The first-order chi connectivity index (χ1) is 15.3. The molecule has 2 aromatic carbocycles. The van der Waals surface area contributed by atoms with Gasteiger partial charge in [-0.15, -0.1) is 0 Å². The minimum Gasteiger partial charge on any atom is -0.481 e. The highest BCUT2D eigenvalue weighted by Gasteiger charge is 2.12. The largest absolute Gasteiger partial charge is 0.481 e.